The van der Waals surface area contributed by atoms with E-state index in [0.717, 1.165) is 17.7 Å². The second kappa shape index (κ2) is 5.75. The third kappa shape index (κ3) is 4.02. The minimum absolute atomic E-state index is 0.102. The summed E-state index contributed by atoms with van der Waals surface area (Å²) in [4.78, 5) is 2.20. The molecule has 0 aliphatic rings. The number of hydrogen-bond donors (Lipinski definition) is 1. The van der Waals surface area contributed by atoms with Crippen LogP contribution in [0.5, 0.6) is 0 Å². The highest BCUT2D eigenvalue weighted by atomic mass is 16.3. The molecular formula is C16H27NO. The molecule has 0 aliphatic heterocycles. The second-order valence-electron chi connectivity index (χ2n) is 6.56. The number of aliphatic hydroxyl groups is 1. The molecule has 0 heterocycles. The summed E-state index contributed by atoms with van der Waals surface area (Å²) in [6.45, 7) is 11.1. The molecule has 0 fully saturated rings. The van der Waals surface area contributed by atoms with Crippen LogP contribution >= 0.6 is 0 Å². The van der Waals surface area contributed by atoms with E-state index in [1.807, 2.05) is 0 Å². The molecule has 2 heteroatoms. The third-order valence-electron chi connectivity index (χ3n) is 3.20. The van der Waals surface area contributed by atoms with Crippen LogP contribution in [0.1, 0.15) is 45.7 Å². The molecule has 102 valence electrons. The Balaban J connectivity index is 3.04. The molecule has 1 aromatic rings. The van der Waals surface area contributed by atoms with Gasteiger partial charge in [-0.15, -0.1) is 0 Å². The summed E-state index contributed by atoms with van der Waals surface area (Å²) in [5, 5.41) is 9.55. The summed E-state index contributed by atoms with van der Waals surface area (Å²) in [5.41, 5.74) is 3.73. The quantitative estimate of drug-likeness (QED) is 0.881. The molecule has 0 spiro atoms. The number of rotatable bonds is 4. The van der Waals surface area contributed by atoms with Crippen LogP contribution in [0.25, 0.3) is 0 Å². The van der Waals surface area contributed by atoms with Gasteiger partial charge < -0.3 is 10.0 Å². The maximum absolute atomic E-state index is 9.55. The number of benzene rings is 1. The smallest absolute Gasteiger partial charge is 0.0702 e. The van der Waals surface area contributed by atoms with Gasteiger partial charge in [0, 0.05) is 24.3 Å². The highest BCUT2D eigenvalue weighted by Gasteiger charge is 2.14. The normalized spacial score (nSPS) is 12.0. The van der Waals surface area contributed by atoms with Crippen LogP contribution < -0.4 is 4.90 Å². The summed E-state index contributed by atoms with van der Waals surface area (Å²) in [5.74, 6) is 0. The van der Waals surface area contributed by atoms with Gasteiger partial charge in [-0.25, -0.2) is 0 Å². The van der Waals surface area contributed by atoms with Gasteiger partial charge in [0.2, 0.25) is 0 Å². The number of nitrogens with zero attached hydrogens (tertiary/aromatic N) is 1. The van der Waals surface area contributed by atoms with Crippen LogP contribution in [0.4, 0.5) is 5.69 Å². The zero-order chi connectivity index (χ0) is 13.9. The minimum Gasteiger partial charge on any atom is -0.392 e. The van der Waals surface area contributed by atoms with Crippen molar-refractivity contribution in [3.63, 3.8) is 0 Å². The van der Waals surface area contributed by atoms with Gasteiger partial charge in [0.15, 0.2) is 0 Å². The molecule has 0 amide bonds. The van der Waals surface area contributed by atoms with Crippen LogP contribution in [-0.4, -0.2) is 18.2 Å². The van der Waals surface area contributed by atoms with Gasteiger partial charge in [-0.2, -0.15) is 0 Å². The lowest BCUT2D eigenvalue weighted by Crippen LogP contribution is -2.26. The lowest BCUT2D eigenvalue weighted by molar-refractivity contribution is 0.281. The zero-order valence-corrected chi connectivity index (χ0v) is 12.6. The first-order chi connectivity index (χ1) is 8.24. The van der Waals surface area contributed by atoms with Gasteiger partial charge in [-0.05, 0) is 37.3 Å². The third-order valence-corrected chi connectivity index (χ3v) is 3.20. The summed E-state index contributed by atoms with van der Waals surface area (Å²) in [7, 11) is 2.07. The Labute approximate surface area is 112 Å². The minimum atomic E-state index is 0.102. The Kier molecular flexibility index (Phi) is 4.80. The van der Waals surface area contributed by atoms with E-state index in [0.29, 0.717) is 6.04 Å². The molecule has 0 saturated heterocycles. The Hall–Kier alpha value is -1.02. The van der Waals surface area contributed by atoms with Crippen molar-refractivity contribution in [1.29, 1.82) is 0 Å². The van der Waals surface area contributed by atoms with Crippen LogP contribution in [0.2, 0.25) is 0 Å². The summed E-state index contributed by atoms with van der Waals surface area (Å²) in [6.07, 6.45) is 1.03. The molecule has 1 N–H and O–H groups in total. The first kappa shape index (κ1) is 15.0. The molecule has 0 radical (unpaired) electrons. The molecular weight excluding hydrogens is 222 g/mol. The van der Waals surface area contributed by atoms with E-state index in [1.54, 1.807) is 0 Å². The molecule has 0 atom stereocenters. The average molecular weight is 249 g/mol. The molecule has 2 nitrogen and oxygen atoms in total. The average Bonchev–Trinajstić information content (AvgIpc) is 2.25. The molecule has 0 aliphatic carbocycles. The maximum Gasteiger partial charge on any atom is 0.0702 e. The first-order valence-corrected chi connectivity index (χ1v) is 6.70. The van der Waals surface area contributed by atoms with Gasteiger partial charge in [0.05, 0.1) is 6.61 Å². The van der Waals surface area contributed by atoms with Gasteiger partial charge >= 0.3 is 0 Å². The monoisotopic (exact) mass is 249 g/mol. The molecule has 0 bridgehead atoms. The van der Waals surface area contributed by atoms with Crippen LogP contribution in [0.3, 0.4) is 0 Å². The number of aliphatic hydroxyl groups excluding tert-OH is 1. The summed E-state index contributed by atoms with van der Waals surface area (Å²) < 4.78 is 0. The van der Waals surface area contributed by atoms with Crippen molar-refractivity contribution < 1.29 is 5.11 Å². The van der Waals surface area contributed by atoms with Gasteiger partial charge in [-0.1, -0.05) is 32.9 Å². The lowest BCUT2D eigenvalue weighted by Gasteiger charge is -2.27. The van der Waals surface area contributed by atoms with Crippen molar-refractivity contribution in [2.75, 3.05) is 11.9 Å². The molecule has 18 heavy (non-hydrogen) atoms. The summed E-state index contributed by atoms with van der Waals surface area (Å²) in [6, 6.07) is 6.88. The van der Waals surface area contributed by atoms with Crippen LogP contribution in [0.15, 0.2) is 18.2 Å². The highest BCUT2D eigenvalue weighted by Crippen LogP contribution is 2.26. The van der Waals surface area contributed by atoms with Crippen molar-refractivity contribution in [2.45, 2.75) is 53.7 Å². The van der Waals surface area contributed by atoms with Gasteiger partial charge in [-0.3, -0.25) is 0 Å². The van der Waals surface area contributed by atoms with E-state index >= 15 is 0 Å². The van der Waals surface area contributed by atoms with E-state index in [2.05, 4.69) is 64.8 Å². The highest BCUT2D eigenvalue weighted by molar-refractivity contribution is 5.55. The fraction of sp³-hybridized carbons (Fsp3) is 0.625. The largest absolute Gasteiger partial charge is 0.392 e. The molecule has 1 rings (SSSR count). The van der Waals surface area contributed by atoms with Crippen molar-refractivity contribution in [2.24, 2.45) is 5.41 Å². The first-order valence-electron chi connectivity index (χ1n) is 6.70. The summed E-state index contributed by atoms with van der Waals surface area (Å²) >= 11 is 0. The van der Waals surface area contributed by atoms with E-state index < -0.39 is 0 Å². The number of hydrogen-bond acceptors (Lipinski definition) is 2. The molecule has 0 saturated carbocycles. The predicted molar refractivity (Wildman–Crippen MR) is 79.1 cm³/mol. The second-order valence-corrected chi connectivity index (χ2v) is 6.56. The fourth-order valence-corrected chi connectivity index (χ4v) is 2.11. The van der Waals surface area contributed by atoms with Crippen LogP contribution in [-0.2, 0) is 13.0 Å². The van der Waals surface area contributed by atoms with Crippen LogP contribution in [0, 0.1) is 5.41 Å². The fourth-order valence-electron chi connectivity index (χ4n) is 2.11. The topological polar surface area (TPSA) is 23.5 Å². The molecule has 0 aromatic heterocycles. The van der Waals surface area contributed by atoms with Gasteiger partial charge in [0.25, 0.3) is 0 Å². The molecule has 1 aromatic carbocycles. The van der Waals surface area contributed by atoms with E-state index in [4.69, 9.17) is 0 Å². The Morgan fingerprint density at radius 3 is 2.28 bits per heavy atom. The van der Waals surface area contributed by atoms with Crippen molar-refractivity contribution >= 4 is 5.69 Å². The van der Waals surface area contributed by atoms with E-state index in [9.17, 15) is 5.11 Å². The van der Waals surface area contributed by atoms with Gasteiger partial charge in [0.1, 0.15) is 0 Å². The van der Waals surface area contributed by atoms with Crippen molar-refractivity contribution in [1.82, 2.24) is 0 Å². The molecule has 0 unspecified atom stereocenters. The number of anilines is 1. The SMILES string of the molecule is CC(C)N(C)c1ccc(CC(C)(C)C)cc1CO. The Morgan fingerprint density at radius 1 is 1.22 bits per heavy atom. The Morgan fingerprint density at radius 2 is 1.83 bits per heavy atom. The van der Waals surface area contributed by atoms with Crippen molar-refractivity contribution in [3.8, 4) is 0 Å². The predicted octanol–water partition coefficient (Wildman–Crippen LogP) is 3.61. The standard InChI is InChI=1S/C16H27NO/c1-12(2)17(6)15-8-7-13(9-14(15)11-18)10-16(3,4)5/h7-9,12,18H,10-11H2,1-6H3. The van der Waals surface area contributed by atoms with E-state index in [-0.39, 0.29) is 12.0 Å². The Bertz CT molecular complexity index is 391. The maximum atomic E-state index is 9.55. The van der Waals surface area contributed by atoms with E-state index in [1.165, 1.54) is 5.56 Å². The zero-order valence-electron chi connectivity index (χ0n) is 12.6. The lowest BCUT2D eigenvalue weighted by atomic mass is 9.87. The van der Waals surface area contributed by atoms with Crippen molar-refractivity contribution in [3.05, 3.63) is 29.3 Å².